The second-order valence-electron chi connectivity index (χ2n) is 12.1. The van der Waals surface area contributed by atoms with Gasteiger partial charge in [-0.1, -0.05) is 30.2 Å². The van der Waals surface area contributed by atoms with Crippen LogP contribution < -0.4 is 4.74 Å². The quantitative estimate of drug-likeness (QED) is 0.166. The van der Waals surface area contributed by atoms with E-state index < -0.39 is 0 Å². The molecule has 0 radical (unpaired) electrons. The molecule has 2 aromatic heterocycles. The van der Waals surface area contributed by atoms with Crippen molar-refractivity contribution in [2.24, 2.45) is 0 Å². The van der Waals surface area contributed by atoms with Crippen LogP contribution in [0.1, 0.15) is 72.9 Å². The molecule has 0 saturated carbocycles. The molecule has 2 aromatic carbocycles. The summed E-state index contributed by atoms with van der Waals surface area (Å²) in [6.07, 6.45) is 13.0. The van der Waals surface area contributed by atoms with Crippen LogP contribution >= 0.6 is 0 Å². The van der Waals surface area contributed by atoms with Gasteiger partial charge in [-0.2, -0.15) is 5.26 Å². The van der Waals surface area contributed by atoms with Gasteiger partial charge >= 0.3 is 0 Å². The lowest BCUT2D eigenvalue weighted by Crippen LogP contribution is -2.28. The van der Waals surface area contributed by atoms with E-state index in [-0.39, 0.29) is 12.0 Å². The normalized spacial score (nSPS) is 15.6. The van der Waals surface area contributed by atoms with E-state index >= 15 is 0 Å². The van der Waals surface area contributed by atoms with Gasteiger partial charge in [-0.05, 0) is 86.4 Å². The minimum Gasteiger partial charge on any atom is -0.496 e. The third kappa shape index (κ3) is 7.17. The molecule has 0 unspecified atom stereocenters. The Kier molecular flexibility index (Phi) is 10.1. The van der Waals surface area contributed by atoms with Crippen molar-refractivity contribution in [1.29, 1.82) is 5.26 Å². The SMILES string of the molecule is COc1cc(C(=O)N(C)CCC2=CCCCCC2)ccc1-c1cc2nccc(-c3ccc(COC4CCOCC4)c(C#N)c3)c2o1. The number of hydrogen-bond acceptors (Lipinski definition) is 7. The number of amides is 1. The number of furan rings is 1. The van der Waals surface area contributed by atoms with Gasteiger partial charge in [0, 0.05) is 50.2 Å². The van der Waals surface area contributed by atoms with Crippen molar-refractivity contribution in [2.45, 2.75) is 64.1 Å². The van der Waals surface area contributed by atoms with Gasteiger partial charge in [0.2, 0.25) is 0 Å². The van der Waals surface area contributed by atoms with E-state index in [1.54, 1.807) is 24.3 Å². The third-order valence-electron chi connectivity index (χ3n) is 9.06. The second kappa shape index (κ2) is 14.8. The number of nitriles is 1. The Hall–Kier alpha value is -4.45. The maximum absolute atomic E-state index is 13.3. The number of nitrogens with zero attached hydrogens (tertiary/aromatic N) is 3. The van der Waals surface area contributed by atoms with Crippen molar-refractivity contribution in [3.05, 3.63) is 83.1 Å². The van der Waals surface area contributed by atoms with Gasteiger partial charge in [-0.15, -0.1) is 0 Å². The molecule has 238 valence electrons. The molecule has 0 spiro atoms. The highest BCUT2D eigenvalue weighted by Crippen LogP contribution is 2.38. The summed E-state index contributed by atoms with van der Waals surface area (Å²) in [7, 11) is 3.45. The van der Waals surface area contributed by atoms with Crippen molar-refractivity contribution in [3.8, 4) is 34.3 Å². The number of rotatable bonds is 10. The monoisotopic (exact) mass is 619 g/mol. The molecule has 3 heterocycles. The number of aromatic nitrogens is 1. The van der Waals surface area contributed by atoms with Gasteiger partial charge in [0.05, 0.1) is 37.0 Å². The largest absolute Gasteiger partial charge is 0.496 e. The van der Waals surface area contributed by atoms with Crippen LogP contribution in [0.15, 0.2) is 70.8 Å². The molecule has 0 bridgehead atoms. The Morgan fingerprint density at radius 1 is 1.07 bits per heavy atom. The third-order valence-corrected chi connectivity index (χ3v) is 9.06. The molecule has 1 aliphatic carbocycles. The molecule has 8 heteroatoms. The first-order valence-corrected chi connectivity index (χ1v) is 16.3. The molecule has 46 heavy (non-hydrogen) atoms. The summed E-state index contributed by atoms with van der Waals surface area (Å²) in [5.41, 5.74) is 7.17. The highest BCUT2D eigenvalue weighted by Gasteiger charge is 2.20. The molecule has 1 saturated heterocycles. The van der Waals surface area contributed by atoms with Crippen molar-refractivity contribution in [3.63, 3.8) is 0 Å². The summed E-state index contributed by atoms with van der Waals surface area (Å²) in [5, 5.41) is 9.94. The lowest BCUT2D eigenvalue weighted by molar-refractivity contribution is -0.0391. The standard InChI is InChI=1S/C38H41N3O5/c1-41(18-14-26-7-5-3-4-6-8-26)38(42)28-11-12-33(35(22-28)43-2)36-23-34-37(46-36)32(13-17-40-34)27-9-10-29(30(21-27)24-39)25-45-31-15-19-44-20-16-31/h7,9-13,17,21-23,31H,3-6,8,14-16,18-20,25H2,1-2H3. The van der Waals surface area contributed by atoms with E-state index in [1.165, 1.54) is 24.8 Å². The van der Waals surface area contributed by atoms with Crippen molar-refractivity contribution in [1.82, 2.24) is 9.88 Å². The van der Waals surface area contributed by atoms with Gasteiger partial charge < -0.3 is 23.5 Å². The fraction of sp³-hybridized carbons (Fsp3) is 0.395. The van der Waals surface area contributed by atoms with Gasteiger partial charge in [0.15, 0.2) is 5.58 Å². The van der Waals surface area contributed by atoms with Crippen LogP contribution in [0.4, 0.5) is 0 Å². The van der Waals surface area contributed by atoms with E-state index in [0.29, 0.717) is 60.1 Å². The topological polar surface area (TPSA) is 97.8 Å². The molecule has 4 aromatic rings. The number of benzene rings is 2. The van der Waals surface area contributed by atoms with Crippen LogP contribution in [-0.2, 0) is 16.1 Å². The number of allylic oxidation sites excluding steroid dienone is 1. The molecule has 8 nitrogen and oxygen atoms in total. The summed E-state index contributed by atoms with van der Waals surface area (Å²) >= 11 is 0. The lowest BCUT2D eigenvalue weighted by Gasteiger charge is -2.22. The Morgan fingerprint density at radius 3 is 2.76 bits per heavy atom. The van der Waals surface area contributed by atoms with Crippen LogP contribution in [0, 0.1) is 11.3 Å². The van der Waals surface area contributed by atoms with Gasteiger partial charge in [0.25, 0.3) is 5.91 Å². The van der Waals surface area contributed by atoms with Gasteiger partial charge in [-0.3, -0.25) is 9.78 Å². The summed E-state index contributed by atoms with van der Waals surface area (Å²) in [6, 6.07) is 17.4. The molecule has 2 aliphatic rings. The summed E-state index contributed by atoms with van der Waals surface area (Å²) in [6.45, 7) is 2.49. The number of pyridine rings is 1. The summed E-state index contributed by atoms with van der Waals surface area (Å²) in [5.74, 6) is 1.09. The van der Waals surface area contributed by atoms with Crippen LogP contribution in [0.5, 0.6) is 5.75 Å². The first-order chi connectivity index (χ1) is 22.5. The molecule has 6 rings (SSSR count). The van der Waals surface area contributed by atoms with Crippen LogP contribution in [0.2, 0.25) is 0 Å². The number of carbonyl (C=O) groups excluding carboxylic acids is 1. The molecule has 1 amide bonds. The molecule has 0 atom stereocenters. The van der Waals surface area contributed by atoms with Crippen molar-refractivity contribution in [2.75, 3.05) is 33.9 Å². The fourth-order valence-corrected chi connectivity index (χ4v) is 6.29. The van der Waals surface area contributed by atoms with Gasteiger partial charge in [-0.25, -0.2) is 0 Å². The van der Waals surface area contributed by atoms with E-state index in [2.05, 4.69) is 17.1 Å². The zero-order chi connectivity index (χ0) is 31.9. The van der Waals surface area contributed by atoms with Crippen molar-refractivity contribution < 1.29 is 23.4 Å². The summed E-state index contributed by atoms with van der Waals surface area (Å²) in [4.78, 5) is 19.7. The number of carbonyl (C=O) groups is 1. The Balaban J connectivity index is 1.21. The average Bonchev–Trinajstić information content (AvgIpc) is 3.37. The zero-order valence-electron chi connectivity index (χ0n) is 26.7. The van der Waals surface area contributed by atoms with E-state index in [0.717, 1.165) is 54.4 Å². The maximum Gasteiger partial charge on any atom is 0.253 e. The minimum atomic E-state index is -0.0393. The summed E-state index contributed by atoms with van der Waals surface area (Å²) < 4.78 is 23.7. The molecule has 0 N–H and O–H groups in total. The van der Waals surface area contributed by atoms with Crippen LogP contribution in [0.3, 0.4) is 0 Å². The number of ether oxygens (including phenoxy) is 3. The predicted molar refractivity (Wildman–Crippen MR) is 178 cm³/mol. The van der Waals surface area contributed by atoms with Crippen LogP contribution in [-0.4, -0.2) is 55.8 Å². The Bertz CT molecular complexity index is 1760. The number of methoxy groups -OCH3 is 1. The molecular formula is C38H41N3O5. The average molecular weight is 620 g/mol. The maximum atomic E-state index is 13.3. The highest BCUT2D eigenvalue weighted by atomic mass is 16.5. The Morgan fingerprint density at radius 2 is 1.93 bits per heavy atom. The minimum absolute atomic E-state index is 0.0393. The van der Waals surface area contributed by atoms with E-state index in [4.69, 9.17) is 18.6 Å². The van der Waals surface area contributed by atoms with E-state index in [1.807, 2.05) is 49.5 Å². The first-order valence-electron chi connectivity index (χ1n) is 16.3. The lowest BCUT2D eigenvalue weighted by atomic mass is 10.00. The fourth-order valence-electron chi connectivity index (χ4n) is 6.29. The zero-order valence-corrected chi connectivity index (χ0v) is 26.7. The van der Waals surface area contributed by atoms with E-state index in [9.17, 15) is 10.1 Å². The predicted octanol–water partition coefficient (Wildman–Crippen LogP) is 8.09. The molecular weight excluding hydrogens is 578 g/mol. The van der Waals surface area contributed by atoms with Gasteiger partial charge in [0.1, 0.15) is 17.0 Å². The number of hydrogen-bond donors (Lipinski definition) is 0. The van der Waals surface area contributed by atoms with Crippen molar-refractivity contribution >= 4 is 17.0 Å². The number of fused-ring (bicyclic) bond motifs is 1. The molecule has 1 fully saturated rings. The van der Waals surface area contributed by atoms with Crippen LogP contribution in [0.25, 0.3) is 33.6 Å². The highest BCUT2D eigenvalue weighted by molar-refractivity contribution is 5.96. The smallest absolute Gasteiger partial charge is 0.253 e. The first kappa shape index (κ1) is 31.5. The Labute approximate surface area is 270 Å². The second-order valence-corrected chi connectivity index (χ2v) is 12.1. The molecule has 1 aliphatic heterocycles.